The van der Waals surface area contributed by atoms with Crippen LogP contribution >= 0.6 is 11.3 Å². The summed E-state index contributed by atoms with van der Waals surface area (Å²) in [6.07, 6.45) is 0. The lowest BCUT2D eigenvalue weighted by Crippen LogP contribution is -2.50. The number of morpholine rings is 1. The molecule has 108 valence electrons. The Bertz CT molecular complexity index is 372. The fourth-order valence-corrected chi connectivity index (χ4v) is 3.49. The lowest BCUT2D eigenvalue weighted by atomic mass is 10.0. The van der Waals surface area contributed by atoms with Gasteiger partial charge in [-0.25, -0.2) is 0 Å². The Labute approximate surface area is 121 Å². The Morgan fingerprint density at radius 2 is 2.11 bits per heavy atom. The lowest BCUT2D eigenvalue weighted by molar-refractivity contribution is 0.00649. The van der Waals surface area contributed by atoms with E-state index in [2.05, 4.69) is 42.4 Å². The Balaban J connectivity index is 1.81. The van der Waals surface area contributed by atoms with Crippen molar-refractivity contribution in [2.24, 2.45) is 5.92 Å². The maximum absolute atomic E-state index is 5.45. The summed E-state index contributed by atoms with van der Waals surface area (Å²) in [6.45, 7) is 12.8. The molecule has 0 spiro atoms. The van der Waals surface area contributed by atoms with Gasteiger partial charge in [0.2, 0.25) is 0 Å². The minimum absolute atomic E-state index is 0.615. The maximum atomic E-state index is 5.45. The van der Waals surface area contributed by atoms with Crippen LogP contribution in [0.4, 0.5) is 0 Å². The summed E-state index contributed by atoms with van der Waals surface area (Å²) < 4.78 is 5.45. The zero-order valence-electron chi connectivity index (χ0n) is 12.3. The molecule has 1 atom stereocenters. The van der Waals surface area contributed by atoms with E-state index in [1.54, 1.807) is 0 Å². The van der Waals surface area contributed by atoms with Crippen LogP contribution in [0.15, 0.2) is 11.4 Å². The van der Waals surface area contributed by atoms with Crippen molar-refractivity contribution in [1.29, 1.82) is 0 Å². The van der Waals surface area contributed by atoms with E-state index in [0.29, 0.717) is 12.0 Å². The number of aryl methyl sites for hydroxylation is 1. The lowest BCUT2D eigenvalue weighted by Gasteiger charge is -2.37. The maximum Gasteiger partial charge on any atom is 0.0594 e. The predicted octanol–water partition coefficient (Wildman–Crippen LogP) is 2.50. The van der Waals surface area contributed by atoms with Crippen molar-refractivity contribution >= 4 is 11.3 Å². The molecule has 1 N–H and O–H groups in total. The number of ether oxygens (including phenoxy) is 1. The summed E-state index contributed by atoms with van der Waals surface area (Å²) in [6, 6.07) is 2.81. The first-order valence-electron chi connectivity index (χ1n) is 7.24. The molecule has 1 fully saturated rings. The molecule has 3 nitrogen and oxygen atoms in total. The average molecular weight is 282 g/mol. The summed E-state index contributed by atoms with van der Waals surface area (Å²) in [5.74, 6) is 0.676. The number of nitrogens with one attached hydrogen (secondary N) is 1. The molecule has 0 amide bonds. The van der Waals surface area contributed by atoms with Crippen LogP contribution in [0.1, 0.15) is 24.3 Å². The summed E-state index contributed by atoms with van der Waals surface area (Å²) >= 11 is 1.85. The summed E-state index contributed by atoms with van der Waals surface area (Å²) in [7, 11) is 0. The van der Waals surface area contributed by atoms with Gasteiger partial charge in [0.05, 0.1) is 13.2 Å². The van der Waals surface area contributed by atoms with Crippen molar-refractivity contribution in [2.75, 3.05) is 32.8 Å². The first kappa shape index (κ1) is 15.0. The van der Waals surface area contributed by atoms with E-state index in [1.807, 2.05) is 11.3 Å². The second-order valence-electron chi connectivity index (χ2n) is 5.62. The van der Waals surface area contributed by atoms with Crippen LogP contribution in [-0.2, 0) is 11.3 Å². The molecule has 4 heteroatoms. The molecule has 19 heavy (non-hydrogen) atoms. The van der Waals surface area contributed by atoms with Gasteiger partial charge in [0, 0.05) is 37.1 Å². The number of hydrogen-bond acceptors (Lipinski definition) is 4. The normalized spacial score (nSPS) is 18.9. The first-order chi connectivity index (χ1) is 9.18. The van der Waals surface area contributed by atoms with Gasteiger partial charge in [0.1, 0.15) is 0 Å². The zero-order chi connectivity index (χ0) is 13.7. The van der Waals surface area contributed by atoms with Crippen LogP contribution < -0.4 is 5.32 Å². The molecule has 0 saturated carbocycles. The van der Waals surface area contributed by atoms with Gasteiger partial charge in [-0.1, -0.05) is 13.8 Å². The highest BCUT2D eigenvalue weighted by atomic mass is 32.1. The van der Waals surface area contributed by atoms with E-state index in [0.717, 1.165) is 39.4 Å². The van der Waals surface area contributed by atoms with Crippen LogP contribution in [0, 0.1) is 12.8 Å². The smallest absolute Gasteiger partial charge is 0.0594 e. The molecular formula is C15H26N2OS. The number of thiophene rings is 1. The summed E-state index contributed by atoms with van der Waals surface area (Å²) in [5, 5.41) is 5.81. The highest BCUT2D eigenvalue weighted by Crippen LogP contribution is 2.16. The Morgan fingerprint density at radius 3 is 2.68 bits per heavy atom. The summed E-state index contributed by atoms with van der Waals surface area (Å²) in [5.41, 5.74) is 1.41. The largest absolute Gasteiger partial charge is 0.379 e. The van der Waals surface area contributed by atoms with Gasteiger partial charge in [-0.2, -0.15) is 0 Å². The van der Waals surface area contributed by atoms with Crippen molar-refractivity contribution in [2.45, 2.75) is 33.4 Å². The third kappa shape index (κ3) is 4.28. The fraction of sp³-hybridized carbons (Fsp3) is 0.733. The minimum atomic E-state index is 0.615. The van der Waals surface area contributed by atoms with Crippen molar-refractivity contribution < 1.29 is 4.74 Å². The third-order valence-corrected chi connectivity index (χ3v) is 4.91. The van der Waals surface area contributed by atoms with Gasteiger partial charge in [-0.15, -0.1) is 11.3 Å². The van der Waals surface area contributed by atoms with E-state index in [9.17, 15) is 0 Å². The molecule has 1 aliphatic rings. The number of hydrogen-bond donors (Lipinski definition) is 1. The molecule has 1 aromatic rings. The van der Waals surface area contributed by atoms with Crippen molar-refractivity contribution in [3.63, 3.8) is 0 Å². The highest BCUT2D eigenvalue weighted by Gasteiger charge is 2.23. The molecule has 0 aromatic carbocycles. The molecule has 0 unspecified atom stereocenters. The van der Waals surface area contributed by atoms with Gasteiger partial charge in [-0.3, -0.25) is 4.90 Å². The molecule has 1 aromatic heterocycles. The number of nitrogens with zero attached hydrogens (tertiary/aromatic N) is 1. The summed E-state index contributed by atoms with van der Waals surface area (Å²) in [4.78, 5) is 4.03. The van der Waals surface area contributed by atoms with Crippen LogP contribution in [0.3, 0.4) is 0 Å². The van der Waals surface area contributed by atoms with E-state index < -0.39 is 0 Å². The second kappa shape index (κ2) is 7.39. The van der Waals surface area contributed by atoms with Gasteiger partial charge in [0.15, 0.2) is 0 Å². The van der Waals surface area contributed by atoms with Crippen molar-refractivity contribution in [3.8, 4) is 0 Å². The third-order valence-electron chi connectivity index (χ3n) is 3.89. The van der Waals surface area contributed by atoms with Crippen LogP contribution in [0.25, 0.3) is 0 Å². The molecule has 0 radical (unpaired) electrons. The van der Waals surface area contributed by atoms with Crippen molar-refractivity contribution in [1.82, 2.24) is 10.2 Å². The zero-order valence-corrected chi connectivity index (χ0v) is 13.1. The highest BCUT2D eigenvalue weighted by molar-refractivity contribution is 7.10. The molecule has 0 aliphatic carbocycles. The first-order valence-corrected chi connectivity index (χ1v) is 8.12. The van der Waals surface area contributed by atoms with Crippen LogP contribution in [0.5, 0.6) is 0 Å². The second-order valence-corrected chi connectivity index (χ2v) is 6.62. The van der Waals surface area contributed by atoms with Gasteiger partial charge < -0.3 is 10.1 Å². The van der Waals surface area contributed by atoms with Gasteiger partial charge in [0.25, 0.3) is 0 Å². The van der Waals surface area contributed by atoms with Gasteiger partial charge in [-0.05, 0) is 29.9 Å². The van der Waals surface area contributed by atoms with E-state index in [1.165, 1.54) is 10.4 Å². The molecule has 1 aliphatic heterocycles. The minimum Gasteiger partial charge on any atom is -0.379 e. The van der Waals surface area contributed by atoms with E-state index in [4.69, 9.17) is 4.74 Å². The standard InChI is InChI=1S/C15H26N2OS/c1-12(2)14(17-5-7-18-8-6-17)10-16-11-15-13(3)4-9-19-15/h4,9,12,14,16H,5-8,10-11H2,1-3H3/t14-/m1/s1. The van der Waals surface area contributed by atoms with Crippen LogP contribution in [-0.4, -0.2) is 43.8 Å². The monoisotopic (exact) mass is 282 g/mol. The Hall–Kier alpha value is -0.420. The average Bonchev–Trinajstić information content (AvgIpc) is 2.81. The molecule has 1 saturated heterocycles. The molecule has 2 heterocycles. The molecule has 0 bridgehead atoms. The van der Waals surface area contributed by atoms with E-state index in [-0.39, 0.29) is 0 Å². The van der Waals surface area contributed by atoms with E-state index >= 15 is 0 Å². The van der Waals surface area contributed by atoms with Gasteiger partial charge >= 0.3 is 0 Å². The molecule has 2 rings (SSSR count). The number of rotatable bonds is 6. The Kier molecular flexibility index (Phi) is 5.82. The van der Waals surface area contributed by atoms with Crippen molar-refractivity contribution in [3.05, 3.63) is 21.9 Å². The fourth-order valence-electron chi connectivity index (χ4n) is 2.61. The molecular weight excluding hydrogens is 256 g/mol. The topological polar surface area (TPSA) is 24.5 Å². The van der Waals surface area contributed by atoms with Crippen LogP contribution in [0.2, 0.25) is 0 Å². The SMILES string of the molecule is Cc1ccsc1CNC[C@H](C(C)C)N1CCOCC1. The quantitative estimate of drug-likeness (QED) is 0.867. The Morgan fingerprint density at radius 1 is 1.37 bits per heavy atom. The predicted molar refractivity (Wildman–Crippen MR) is 81.8 cm³/mol.